The number of rotatable bonds is 3. The minimum absolute atomic E-state index is 0.0183. The number of nitrogens with one attached hydrogen (secondary N) is 1. The molecular weight excluding hydrogens is 318 g/mol. The molecule has 0 spiro atoms. The smallest absolute Gasteiger partial charge is 0.228 e. The van der Waals surface area contributed by atoms with Crippen molar-refractivity contribution in [3.8, 4) is 0 Å². The van der Waals surface area contributed by atoms with E-state index in [9.17, 15) is 14.4 Å². The highest BCUT2D eigenvalue weighted by atomic mass is 16.2. The first-order valence-electron chi connectivity index (χ1n) is 8.94. The van der Waals surface area contributed by atoms with E-state index in [0.29, 0.717) is 12.2 Å². The van der Waals surface area contributed by atoms with E-state index in [1.807, 2.05) is 4.90 Å². The first-order chi connectivity index (χ1) is 12.0. The summed E-state index contributed by atoms with van der Waals surface area (Å²) in [6, 6.07) is 7.42. The number of amides is 3. The Morgan fingerprint density at radius 3 is 2.52 bits per heavy atom. The number of hydrogen-bond acceptors (Lipinski definition) is 3. The molecule has 0 unspecified atom stereocenters. The van der Waals surface area contributed by atoms with E-state index in [0.717, 1.165) is 25.1 Å². The number of piperidine rings is 1. The van der Waals surface area contributed by atoms with Gasteiger partial charge in [-0.3, -0.25) is 14.4 Å². The molecule has 2 aliphatic heterocycles. The van der Waals surface area contributed by atoms with E-state index < -0.39 is 0 Å². The molecule has 1 aromatic rings. The summed E-state index contributed by atoms with van der Waals surface area (Å²) < 4.78 is 0. The molecule has 0 radical (unpaired) electrons. The number of anilines is 2. The van der Waals surface area contributed by atoms with Gasteiger partial charge >= 0.3 is 0 Å². The van der Waals surface area contributed by atoms with E-state index in [-0.39, 0.29) is 36.1 Å². The van der Waals surface area contributed by atoms with Gasteiger partial charge in [0.05, 0.1) is 5.92 Å². The van der Waals surface area contributed by atoms with Gasteiger partial charge in [0, 0.05) is 43.9 Å². The summed E-state index contributed by atoms with van der Waals surface area (Å²) in [5.74, 6) is -0.303. The number of nitrogens with zero attached hydrogens (tertiary/aromatic N) is 2. The highest BCUT2D eigenvalue weighted by Gasteiger charge is 2.38. The van der Waals surface area contributed by atoms with E-state index >= 15 is 0 Å². The molecule has 3 rings (SSSR count). The van der Waals surface area contributed by atoms with Crippen molar-refractivity contribution >= 4 is 29.1 Å². The SMILES string of the molecule is CC(=O)Nc1ccc(N2C[C@H](C(=O)N3CCCC[C@@H]3C)CC2=O)cc1. The standard InChI is InChI=1S/C19H25N3O3/c1-13-5-3-4-10-21(13)19(25)15-11-18(24)22(12-15)17-8-6-16(7-9-17)20-14(2)23/h6-9,13,15H,3-5,10-12H2,1-2H3,(H,20,23)/t13-,15+/m0/s1. The Kier molecular flexibility index (Phi) is 5.06. The highest BCUT2D eigenvalue weighted by Crippen LogP contribution is 2.29. The van der Waals surface area contributed by atoms with Crippen LogP contribution in [0.4, 0.5) is 11.4 Å². The molecule has 2 atom stereocenters. The van der Waals surface area contributed by atoms with Crippen molar-refractivity contribution < 1.29 is 14.4 Å². The quantitative estimate of drug-likeness (QED) is 0.916. The average Bonchev–Trinajstić information content (AvgIpc) is 2.97. The van der Waals surface area contributed by atoms with Crippen molar-refractivity contribution in [3.63, 3.8) is 0 Å². The van der Waals surface area contributed by atoms with Crippen LogP contribution in [-0.2, 0) is 14.4 Å². The summed E-state index contributed by atoms with van der Waals surface area (Å²) in [6.07, 6.45) is 3.53. The number of likely N-dealkylation sites (tertiary alicyclic amines) is 1. The fraction of sp³-hybridized carbons (Fsp3) is 0.526. The van der Waals surface area contributed by atoms with Crippen molar-refractivity contribution in [1.82, 2.24) is 4.90 Å². The van der Waals surface area contributed by atoms with Gasteiger partial charge in [-0.25, -0.2) is 0 Å². The number of carbonyl (C=O) groups is 3. The fourth-order valence-corrected chi connectivity index (χ4v) is 3.71. The molecule has 0 aliphatic carbocycles. The maximum Gasteiger partial charge on any atom is 0.228 e. The molecule has 6 nitrogen and oxygen atoms in total. The van der Waals surface area contributed by atoms with Crippen LogP contribution in [0.2, 0.25) is 0 Å². The van der Waals surface area contributed by atoms with Crippen LogP contribution in [0, 0.1) is 5.92 Å². The Hall–Kier alpha value is -2.37. The minimum atomic E-state index is -0.261. The predicted molar refractivity (Wildman–Crippen MR) is 96.2 cm³/mol. The van der Waals surface area contributed by atoms with Crippen molar-refractivity contribution in [1.29, 1.82) is 0 Å². The first-order valence-corrected chi connectivity index (χ1v) is 8.94. The topological polar surface area (TPSA) is 69.7 Å². The Morgan fingerprint density at radius 2 is 1.88 bits per heavy atom. The molecule has 1 aromatic carbocycles. The molecule has 0 saturated carbocycles. The van der Waals surface area contributed by atoms with Crippen molar-refractivity contribution in [2.24, 2.45) is 5.92 Å². The molecule has 6 heteroatoms. The molecule has 2 saturated heterocycles. The number of benzene rings is 1. The predicted octanol–water partition coefficient (Wildman–Crippen LogP) is 2.40. The van der Waals surface area contributed by atoms with Crippen LogP contribution < -0.4 is 10.2 Å². The number of hydrogen-bond donors (Lipinski definition) is 1. The monoisotopic (exact) mass is 343 g/mol. The molecule has 3 amide bonds. The van der Waals surface area contributed by atoms with Gasteiger partial charge in [-0.2, -0.15) is 0 Å². The van der Waals surface area contributed by atoms with Crippen LogP contribution in [0.1, 0.15) is 39.5 Å². The first kappa shape index (κ1) is 17.5. The average molecular weight is 343 g/mol. The van der Waals surface area contributed by atoms with Crippen LogP contribution in [0.25, 0.3) is 0 Å². The van der Waals surface area contributed by atoms with Gasteiger partial charge in [-0.15, -0.1) is 0 Å². The molecule has 2 heterocycles. The van der Waals surface area contributed by atoms with E-state index in [2.05, 4.69) is 12.2 Å². The van der Waals surface area contributed by atoms with Gasteiger partial charge in [-0.05, 0) is 50.5 Å². The molecule has 2 aliphatic rings. The van der Waals surface area contributed by atoms with Gasteiger partial charge < -0.3 is 15.1 Å². The van der Waals surface area contributed by atoms with Crippen LogP contribution in [0.3, 0.4) is 0 Å². The van der Waals surface area contributed by atoms with Gasteiger partial charge in [0.1, 0.15) is 0 Å². The number of carbonyl (C=O) groups excluding carboxylic acids is 3. The second-order valence-electron chi connectivity index (χ2n) is 7.01. The molecule has 134 valence electrons. The van der Waals surface area contributed by atoms with E-state index in [1.165, 1.54) is 13.3 Å². The summed E-state index contributed by atoms with van der Waals surface area (Å²) in [6.45, 7) is 4.78. The summed E-state index contributed by atoms with van der Waals surface area (Å²) >= 11 is 0. The van der Waals surface area contributed by atoms with Gasteiger partial charge in [-0.1, -0.05) is 0 Å². The van der Waals surface area contributed by atoms with Crippen molar-refractivity contribution in [3.05, 3.63) is 24.3 Å². The van der Waals surface area contributed by atoms with Gasteiger partial charge in [0.15, 0.2) is 0 Å². The Balaban J connectivity index is 1.67. The molecule has 1 N–H and O–H groups in total. The third kappa shape index (κ3) is 3.83. The second-order valence-corrected chi connectivity index (χ2v) is 7.01. The third-order valence-corrected chi connectivity index (χ3v) is 5.06. The summed E-state index contributed by atoms with van der Waals surface area (Å²) in [5, 5.41) is 2.71. The molecule has 0 bridgehead atoms. The van der Waals surface area contributed by atoms with Crippen molar-refractivity contribution in [2.75, 3.05) is 23.3 Å². The van der Waals surface area contributed by atoms with E-state index in [1.54, 1.807) is 29.2 Å². The highest BCUT2D eigenvalue weighted by molar-refractivity contribution is 6.00. The van der Waals surface area contributed by atoms with Crippen LogP contribution >= 0.6 is 0 Å². The lowest BCUT2D eigenvalue weighted by Gasteiger charge is -2.35. The Bertz CT molecular complexity index is 671. The van der Waals surface area contributed by atoms with Crippen LogP contribution in [0.5, 0.6) is 0 Å². The summed E-state index contributed by atoms with van der Waals surface area (Å²) in [4.78, 5) is 39.9. The molecule has 0 aromatic heterocycles. The minimum Gasteiger partial charge on any atom is -0.340 e. The lowest BCUT2D eigenvalue weighted by atomic mass is 9.99. The maximum atomic E-state index is 12.8. The normalized spacial score (nSPS) is 23.7. The lowest BCUT2D eigenvalue weighted by Crippen LogP contribution is -2.45. The third-order valence-electron chi connectivity index (χ3n) is 5.06. The van der Waals surface area contributed by atoms with Crippen LogP contribution in [-0.4, -0.2) is 41.8 Å². The Labute approximate surface area is 148 Å². The largest absolute Gasteiger partial charge is 0.340 e. The van der Waals surface area contributed by atoms with Gasteiger partial charge in [0.25, 0.3) is 0 Å². The second kappa shape index (κ2) is 7.25. The molecular formula is C19H25N3O3. The zero-order chi connectivity index (χ0) is 18.0. The lowest BCUT2D eigenvalue weighted by molar-refractivity contribution is -0.139. The zero-order valence-electron chi connectivity index (χ0n) is 14.8. The molecule has 2 fully saturated rings. The maximum absolute atomic E-state index is 12.8. The summed E-state index contributed by atoms with van der Waals surface area (Å²) in [7, 11) is 0. The van der Waals surface area contributed by atoms with Gasteiger partial charge in [0.2, 0.25) is 17.7 Å². The van der Waals surface area contributed by atoms with Crippen LogP contribution in [0.15, 0.2) is 24.3 Å². The zero-order valence-corrected chi connectivity index (χ0v) is 14.8. The fourth-order valence-electron chi connectivity index (χ4n) is 3.71. The molecule has 25 heavy (non-hydrogen) atoms. The Morgan fingerprint density at radius 1 is 1.16 bits per heavy atom. The summed E-state index contributed by atoms with van der Waals surface area (Å²) in [5.41, 5.74) is 1.46. The van der Waals surface area contributed by atoms with E-state index in [4.69, 9.17) is 0 Å². The van der Waals surface area contributed by atoms with Crippen molar-refractivity contribution in [2.45, 2.75) is 45.6 Å².